The van der Waals surface area contributed by atoms with E-state index < -0.39 is 23.3 Å². The van der Waals surface area contributed by atoms with Crippen molar-refractivity contribution < 1.29 is 18.8 Å². The van der Waals surface area contributed by atoms with Gasteiger partial charge in [0.05, 0.1) is 0 Å². The summed E-state index contributed by atoms with van der Waals surface area (Å²) >= 11 is 6.10. The fourth-order valence-corrected chi connectivity index (χ4v) is 4.12. The monoisotopic (exact) mass is 446 g/mol. The van der Waals surface area contributed by atoms with Crippen molar-refractivity contribution in [1.29, 1.82) is 0 Å². The van der Waals surface area contributed by atoms with Crippen molar-refractivity contribution in [3.05, 3.63) is 53.1 Å². The highest BCUT2D eigenvalue weighted by Crippen LogP contribution is 2.34. The first-order valence-corrected chi connectivity index (χ1v) is 10.1. The molecule has 9 nitrogen and oxygen atoms in total. The predicted molar refractivity (Wildman–Crippen MR) is 110 cm³/mol. The lowest BCUT2D eigenvalue weighted by Crippen LogP contribution is -2.52. The van der Waals surface area contributed by atoms with E-state index in [2.05, 4.69) is 15.3 Å². The van der Waals surface area contributed by atoms with Crippen LogP contribution in [0.3, 0.4) is 0 Å². The quantitative estimate of drug-likeness (QED) is 0.712. The van der Waals surface area contributed by atoms with Crippen LogP contribution in [0, 0.1) is 5.82 Å². The zero-order valence-corrected chi connectivity index (χ0v) is 17.5. The Morgan fingerprint density at radius 3 is 2.52 bits per heavy atom. The summed E-state index contributed by atoms with van der Waals surface area (Å²) in [5.41, 5.74) is -1.22. The molecule has 2 aliphatic heterocycles. The molecule has 0 bridgehead atoms. The molecule has 0 spiro atoms. The van der Waals surface area contributed by atoms with E-state index in [-0.39, 0.29) is 23.0 Å². The van der Waals surface area contributed by atoms with Crippen LogP contribution in [-0.2, 0) is 15.1 Å². The van der Waals surface area contributed by atoms with Crippen LogP contribution in [0.2, 0.25) is 5.02 Å². The van der Waals surface area contributed by atoms with Gasteiger partial charge in [0.1, 0.15) is 17.9 Å². The number of nitrogens with one attached hydrogen (secondary N) is 1. The maximum Gasteiger partial charge on any atom is 0.325 e. The summed E-state index contributed by atoms with van der Waals surface area (Å²) in [5.74, 6) is -0.917. The zero-order chi connectivity index (χ0) is 22.2. The first-order valence-electron chi connectivity index (χ1n) is 9.69. The fourth-order valence-electron chi connectivity index (χ4n) is 3.76. The van der Waals surface area contributed by atoms with Crippen LogP contribution in [-0.4, -0.2) is 70.3 Å². The average Bonchev–Trinajstić information content (AvgIpc) is 2.98. The SMILES string of the molecule is CC1(c2ccc(F)cc2Cl)NC(=O)N(CC(=O)N2CCN(c3ncccn3)CC2)C1=O. The Labute approximate surface area is 182 Å². The number of carbonyl (C=O) groups is 3. The first-order chi connectivity index (χ1) is 14.8. The molecule has 4 amide bonds. The van der Waals surface area contributed by atoms with Gasteiger partial charge in [0, 0.05) is 49.2 Å². The number of benzene rings is 1. The minimum Gasteiger partial charge on any atom is -0.338 e. The number of amides is 4. The van der Waals surface area contributed by atoms with E-state index in [1.807, 2.05) is 4.90 Å². The Hall–Kier alpha value is -3.27. The number of rotatable bonds is 4. The zero-order valence-electron chi connectivity index (χ0n) is 16.7. The summed E-state index contributed by atoms with van der Waals surface area (Å²) in [6, 6.07) is 4.62. The normalized spacial score (nSPS) is 21.5. The number of anilines is 1. The number of hydrogen-bond donors (Lipinski definition) is 1. The Morgan fingerprint density at radius 1 is 1.19 bits per heavy atom. The standard InChI is InChI=1S/C20H20ClFN6O3/c1-20(14-4-3-13(22)11-15(14)21)17(30)28(19(31)25-20)12-16(29)26-7-9-27(10-8-26)18-23-5-2-6-24-18/h2-6,11H,7-10,12H2,1H3,(H,25,31). The second-order valence-electron chi connectivity index (χ2n) is 7.49. The highest BCUT2D eigenvalue weighted by Gasteiger charge is 2.50. The van der Waals surface area contributed by atoms with Crippen LogP contribution in [0.15, 0.2) is 36.7 Å². The van der Waals surface area contributed by atoms with Gasteiger partial charge in [0.2, 0.25) is 11.9 Å². The Kier molecular flexibility index (Phi) is 5.48. The van der Waals surface area contributed by atoms with Crippen molar-refractivity contribution >= 4 is 35.4 Å². The number of hydrogen-bond acceptors (Lipinski definition) is 6. The first kappa shape index (κ1) is 21.0. The lowest BCUT2D eigenvalue weighted by molar-refractivity contribution is -0.139. The maximum atomic E-state index is 13.4. The lowest BCUT2D eigenvalue weighted by Gasteiger charge is -2.35. The summed E-state index contributed by atoms with van der Waals surface area (Å²) < 4.78 is 13.4. The van der Waals surface area contributed by atoms with Gasteiger partial charge < -0.3 is 15.1 Å². The lowest BCUT2D eigenvalue weighted by atomic mass is 9.92. The van der Waals surface area contributed by atoms with Crippen molar-refractivity contribution in [3.63, 3.8) is 0 Å². The van der Waals surface area contributed by atoms with E-state index in [1.54, 1.807) is 23.4 Å². The summed E-state index contributed by atoms with van der Waals surface area (Å²) in [6.07, 6.45) is 3.31. The molecule has 2 aromatic rings. The molecule has 1 aromatic carbocycles. The van der Waals surface area contributed by atoms with Gasteiger partial charge in [-0.25, -0.2) is 19.2 Å². The largest absolute Gasteiger partial charge is 0.338 e. The minimum absolute atomic E-state index is 0.0172. The molecular formula is C20H20ClFN6O3. The van der Waals surface area contributed by atoms with Gasteiger partial charge in [0.15, 0.2) is 0 Å². The number of urea groups is 1. The molecule has 4 rings (SSSR count). The number of piperazine rings is 1. The van der Waals surface area contributed by atoms with Gasteiger partial charge in [-0.3, -0.25) is 14.5 Å². The molecule has 0 aliphatic carbocycles. The molecule has 2 aliphatic rings. The molecule has 11 heteroatoms. The molecule has 1 unspecified atom stereocenters. The van der Waals surface area contributed by atoms with E-state index in [9.17, 15) is 18.8 Å². The molecule has 31 heavy (non-hydrogen) atoms. The summed E-state index contributed by atoms with van der Waals surface area (Å²) in [5, 5.41) is 2.60. The van der Waals surface area contributed by atoms with Gasteiger partial charge in [-0.1, -0.05) is 17.7 Å². The number of aromatic nitrogens is 2. The van der Waals surface area contributed by atoms with E-state index in [0.717, 1.165) is 17.0 Å². The molecule has 2 saturated heterocycles. The number of imide groups is 1. The number of halogens is 2. The van der Waals surface area contributed by atoms with E-state index in [1.165, 1.54) is 13.0 Å². The Balaban J connectivity index is 1.42. The maximum absolute atomic E-state index is 13.4. The highest BCUT2D eigenvalue weighted by molar-refractivity contribution is 6.32. The summed E-state index contributed by atoms with van der Waals surface area (Å²) in [7, 11) is 0. The van der Waals surface area contributed by atoms with Crippen LogP contribution < -0.4 is 10.2 Å². The van der Waals surface area contributed by atoms with Crippen molar-refractivity contribution in [2.75, 3.05) is 37.6 Å². The number of carbonyl (C=O) groups excluding carboxylic acids is 3. The van der Waals surface area contributed by atoms with Gasteiger partial charge in [-0.15, -0.1) is 0 Å². The average molecular weight is 447 g/mol. The highest BCUT2D eigenvalue weighted by atomic mass is 35.5. The van der Waals surface area contributed by atoms with E-state index in [4.69, 9.17) is 11.6 Å². The third-order valence-corrected chi connectivity index (χ3v) is 5.82. The van der Waals surface area contributed by atoms with Crippen molar-refractivity contribution in [2.24, 2.45) is 0 Å². The van der Waals surface area contributed by atoms with Gasteiger partial charge in [0.25, 0.3) is 5.91 Å². The fraction of sp³-hybridized carbons (Fsp3) is 0.350. The van der Waals surface area contributed by atoms with Crippen molar-refractivity contribution in [1.82, 2.24) is 25.1 Å². The van der Waals surface area contributed by atoms with Crippen LogP contribution in [0.4, 0.5) is 15.1 Å². The van der Waals surface area contributed by atoms with Gasteiger partial charge in [-0.05, 0) is 25.1 Å². The van der Waals surface area contributed by atoms with Crippen molar-refractivity contribution in [2.45, 2.75) is 12.5 Å². The molecule has 2 fully saturated rings. The Morgan fingerprint density at radius 2 is 1.87 bits per heavy atom. The topological polar surface area (TPSA) is 98.7 Å². The summed E-state index contributed by atoms with van der Waals surface area (Å²) in [6.45, 7) is 3.01. The van der Waals surface area contributed by atoms with Crippen LogP contribution in [0.5, 0.6) is 0 Å². The van der Waals surface area contributed by atoms with Crippen molar-refractivity contribution in [3.8, 4) is 0 Å². The van der Waals surface area contributed by atoms with Gasteiger partial charge >= 0.3 is 6.03 Å². The van der Waals surface area contributed by atoms with Crippen LogP contribution in [0.25, 0.3) is 0 Å². The second kappa shape index (κ2) is 8.10. The third kappa shape index (κ3) is 3.90. The minimum atomic E-state index is -1.48. The van der Waals surface area contributed by atoms with Crippen LogP contribution >= 0.6 is 11.6 Å². The molecule has 0 saturated carbocycles. The second-order valence-corrected chi connectivity index (χ2v) is 7.89. The third-order valence-electron chi connectivity index (χ3n) is 5.51. The molecular weight excluding hydrogens is 427 g/mol. The van der Waals surface area contributed by atoms with Gasteiger partial charge in [-0.2, -0.15) is 0 Å². The Bertz CT molecular complexity index is 1030. The molecule has 3 heterocycles. The molecule has 1 N–H and O–H groups in total. The number of nitrogens with zero attached hydrogens (tertiary/aromatic N) is 5. The molecule has 1 aromatic heterocycles. The molecule has 1 atom stereocenters. The van der Waals surface area contributed by atoms with E-state index in [0.29, 0.717) is 32.1 Å². The van der Waals surface area contributed by atoms with Crippen LogP contribution in [0.1, 0.15) is 12.5 Å². The molecule has 0 radical (unpaired) electrons. The smallest absolute Gasteiger partial charge is 0.325 e. The predicted octanol–water partition coefficient (Wildman–Crippen LogP) is 1.38. The summed E-state index contributed by atoms with van der Waals surface area (Å²) in [4.78, 5) is 51.1. The molecule has 162 valence electrons. The van der Waals surface area contributed by atoms with E-state index >= 15 is 0 Å².